The Bertz CT molecular complexity index is 707. The summed E-state index contributed by atoms with van der Waals surface area (Å²) < 4.78 is 74.4. The maximum Gasteiger partial charge on any atom is 0.534 e. The third-order valence-corrected chi connectivity index (χ3v) is 3.15. The summed E-state index contributed by atoms with van der Waals surface area (Å²) in [6.45, 7) is 0. The standard InChI is InChI=1S/C10H6F4N2O3S/c11-7-3-1-6(2-4-7)8-5-9(16-15-8)19-20(17,18)10(12,13)14/h1-5H,(H,15,16). The largest absolute Gasteiger partial charge is 0.534 e. The quantitative estimate of drug-likeness (QED) is 0.537. The van der Waals surface area contributed by atoms with Gasteiger partial charge in [0.05, 0.1) is 5.69 Å². The molecule has 0 aliphatic heterocycles. The van der Waals surface area contributed by atoms with E-state index in [1.807, 2.05) is 0 Å². The van der Waals surface area contributed by atoms with Crippen molar-refractivity contribution >= 4 is 10.1 Å². The molecule has 0 spiro atoms. The van der Waals surface area contributed by atoms with Gasteiger partial charge in [-0.15, -0.1) is 5.10 Å². The molecule has 0 unspecified atom stereocenters. The first kappa shape index (κ1) is 14.3. The van der Waals surface area contributed by atoms with Gasteiger partial charge in [-0.1, -0.05) is 0 Å². The Labute approximate surface area is 110 Å². The topological polar surface area (TPSA) is 72.1 Å². The molecule has 2 aromatic rings. The summed E-state index contributed by atoms with van der Waals surface area (Å²) in [5, 5.41) is 5.58. The van der Waals surface area contributed by atoms with Crippen molar-refractivity contribution in [2.24, 2.45) is 0 Å². The molecule has 0 amide bonds. The smallest absolute Gasteiger partial charge is 0.354 e. The highest BCUT2D eigenvalue weighted by Gasteiger charge is 2.49. The zero-order valence-electron chi connectivity index (χ0n) is 9.48. The Kier molecular flexibility index (Phi) is 3.42. The minimum absolute atomic E-state index is 0.178. The third kappa shape index (κ3) is 2.90. The molecular formula is C10H6F4N2O3S. The number of rotatable bonds is 3. The highest BCUT2D eigenvalue weighted by atomic mass is 32.2. The number of halogens is 4. The number of benzene rings is 1. The summed E-state index contributed by atoms with van der Waals surface area (Å²) in [4.78, 5) is 0. The fourth-order valence-corrected chi connectivity index (χ4v) is 1.69. The SMILES string of the molecule is O=S(=O)(Oc1cc(-c2ccc(F)cc2)[nH]n1)C(F)(F)F. The third-order valence-electron chi connectivity index (χ3n) is 2.19. The molecule has 1 heterocycles. The van der Waals surface area contributed by atoms with Gasteiger partial charge in [0.25, 0.3) is 5.88 Å². The van der Waals surface area contributed by atoms with Crippen molar-refractivity contribution in [2.75, 3.05) is 0 Å². The van der Waals surface area contributed by atoms with E-state index in [4.69, 9.17) is 0 Å². The fourth-order valence-electron chi connectivity index (χ4n) is 1.28. The Balaban J connectivity index is 2.24. The Morgan fingerprint density at radius 2 is 1.75 bits per heavy atom. The van der Waals surface area contributed by atoms with E-state index in [1.165, 1.54) is 12.1 Å². The summed E-state index contributed by atoms with van der Waals surface area (Å²) >= 11 is 0. The first-order valence-corrected chi connectivity index (χ1v) is 6.42. The van der Waals surface area contributed by atoms with Gasteiger partial charge < -0.3 is 4.18 Å². The predicted octanol–water partition coefficient (Wildman–Crippen LogP) is 2.44. The minimum Gasteiger partial charge on any atom is -0.354 e. The number of H-pyrrole nitrogens is 1. The van der Waals surface area contributed by atoms with Crippen molar-refractivity contribution in [2.45, 2.75) is 5.51 Å². The van der Waals surface area contributed by atoms with E-state index in [2.05, 4.69) is 14.4 Å². The van der Waals surface area contributed by atoms with E-state index >= 15 is 0 Å². The molecule has 0 aliphatic carbocycles. The number of hydrogen-bond acceptors (Lipinski definition) is 4. The molecule has 1 N–H and O–H groups in total. The Morgan fingerprint density at radius 3 is 2.30 bits per heavy atom. The van der Waals surface area contributed by atoms with E-state index in [0.717, 1.165) is 18.2 Å². The molecule has 5 nitrogen and oxygen atoms in total. The zero-order chi connectivity index (χ0) is 15.0. The van der Waals surface area contributed by atoms with Crippen LogP contribution in [0.15, 0.2) is 30.3 Å². The lowest BCUT2D eigenvalue weighted by molar-refractivity contribution is -0.0501. The highest BCUT2D eigenvalue weighted by Crippen LogP contribution is 2.28. The average molecular weight is 310 g/mol. The van der Waals surface area contributed by atoms with Crippen LogP contribution in [-0.2, 0) is 10.1 Å². The molecule has 1 aromatic heterocycles. The summed E-state index contributed by atoms with van der Waals surface area (Å²) in [7, 11) is -5.77. The molecule has 0 atom stereocenters. The molecule has 10 heteroatoms. The van der Waals surface area contributed by atoms with Crippen molar-refractivity contribution in [1.82, 2.24) is 10.2 Å². The summed E-state index contributed by atoms with van der Waals surface area (Å²) in [5.41, 5.74) is -4.96. The molecule has 1 aromatic carbocycles. The number of hydrogen-bond donors (Lipinski definition) is 1. The van der Waals surface area contributed by atoms with Gasteiger partial charge in [-0.25, -0.2) is 4.39 Å². The van der Waals surface area contributed by atoms with Crippen LogP contribution >= 0.6 is 0 Å². The van der Waals surface area contributed by atoms with Crippen molar-refractivity contribution in [3.8, 4) is 17.1 Å². The lowest BCUT2D eigenvalue weighted by Gasteiger charge is -2.06. The first-order valence-electron chi connectivity index (χ1n) is 5.01. The Morgan fingerprint density at radius 1 is 1.15 bits per heavy atom. The summed E-state index contributed by atoms with van der Waals surface area (Å²) in [6, 6.07) is 5.89. The average Bonchev–Trinajstić information content (AvgIpc) is 2.76. The second kappa shape index (κ2) is 4.78. The second-order valence-corrected chi connectivity index (χ2v) is 5.15. The molecule has 0 saturated heterocycles. The summed E-state index contributed by atoms with van der Waals surface area (Å²) in [6.07, 6.45) is 0. The first-order chi connectivity index (χ1) is 9.19. The van der Waals surface area contributed by atoms with Gasteiger partial charge >= 0.3 is 15.6 Å². The van der Waals surface area contributed by atoms with Gasteiger partial charge in [0.15, 0.2) is 0 Å². The molecule has 20 heavy (non-hydrogen) atoms. The van der Waals surface area contributed by atoms with Crippen molar-refractivity contribution < 1.29 is 30.2 Å². The van der Waals surface area contributed by atoms with Crippen LogP contribution in [-0.4, -0.2) is 24.1 Å². The molecule has 2 rings (SSSR count). The predicted molar refractivity (Wildman–Crippen MR) is 59.6 cm³/mol. The number of aromatic nitrogens is 2. The number of aromatic amines is 1. The molecular weight excluding hydrogens is 304 g/mol. The van der Waals surface area contributed by atoms with Crippen LogP contribution in [0, 0.1) is 5.82 Å². The normalized spacial score (nSPS) is 12.4. The molecule has 0 radical (unpaired) electrons. The number of nitrogens with zero attached hydrogens (tertiary/aromatic N) is 1. The van der Waals surface area contributed by atoms with Crippen LogP contribution in [0.3, 0.4) is 0 Å². The van der Waals surface area contributed by atoms with Gasteiger partial charge in [-0.05, 0) is 29.8 Å². The van der Waals surface area contributed by atoms with Crippen molar-refractivity contribution in [3.05, 3.63) is 36.1 Å². The maximum atomic E-state index is 12.7. The van der Waals surface area contributed by atoms with Crippen LogP contribution in [0.2, 0.25) is 0 Å². The number of alkyl halides is 3. The Hall–Kier alpha value is -2.10. The second-order valence-electron chi connectivity index (χ2n) is 3.61. The zero-order valence-corrected chi connectivity index (χ0v) is 10.3. The van der Waals surface area contributed by atoms with Crippen molar-refractivity contribution in [1.29, 1.82) is 0 Å². The van der Waals surface area contributed by atoms with Crippen LogP contribution in [0.5, 0.6) is 5.88 Å². The van der Waals surface area contributed by atoms with E-state index in [0.29, 0.717) is 5.56 Å². The van der Waals surface area contributed by atoms with E-state index in [1.54, 1.807) is 0 Å². The summed E-state index contributed by atoms with van der Waals surface area (Å²) in [5.74, 6) is -1.26. The number of nitrogens with one attached hydrogen (secondary N) is 1. The lowest BCUT2D eigenvalue weighted by atomic mass is 10.1. The highest BCUT2D eigenvalue weighted by molar-refractivity contribution is 7.87. The molecule has 0 fully saturated rings. The lowest BCUT2D eigenvalue weighted by Crippen LogP contribution is -2.28. The minimum atomic E-state index is -5.77. The fraction of sp³-hybridized carbons (Fsp3) is 0.100. The van der Waals surface area contributed by atoms with Gasteiger partial charge in [0.2, 0.25) is 0 Å². The maximum absolute atomic E-state index is 12.7. The molecule has 0 aliphatic rings. The van der Waals surface area contributed by atoms with E-state index < -0.39 is 27.3 Å². The van der Waals surface area contributed by atoms with Gasteiger partial charge in [-0.2, -0.15) is 21.6 Å². The molecule has 108 valence electrons. The molecule has 0 bridgehead atoms. The van der Waals surface area contributed by atoms with Crippen molar-refractivity contribution in [3.63, 3.8) is 0 Å². The van der Waals surface area contributed by atoms with Crippen LogP contribution in [0.4, 0.5) is 17.6 Å². The van der Waals surface area contributed by atoms with Gasteiger partial charge in [0, 0.05) is 6.07 Å². The van der Waals surface area contributed by atoms with Crippen LogP contribution < -0.4 is 4.18 Å². The van der Waals surface area contributed by atoms with E-state index in [-0.39, 0.29) is 5.69 Å². The van der Waals surface area contributed by atoms with E-state index in [9.17, 15) is 26.0 Å². The van der Waals surface area contributed by atoms with Crippen LogP contribution in [0.25, 0.3) is 11.3 Å². The molecule has 0 saturated carbocycles. The van der Waals surface area contributed by atoms with Gasteiger partial charge in [0.1, 0.15) is 5.82 Å². The van der Waals surface area contributed by atoms with Gasteiger partial charge in [-0.3, -0.25) is 5.10 Å². The monoisotopic (exact) mass is 310 g/mol. The van der Waals surface area contributed by atoms with Crippen LogP contribution in [0.1, 0.15) is 0 Å².